The number of rotatable bonds is 7. The summed E-state index contributed by atoms with van der Waals surface area (Å²) in [7, 11) is 0. The summed E-state index contributed by atoms with van der Waals surface area (Å²) in [6, 6.07) is 10.7. The highest BCUT2D eigenvalue weighted by Gasteiger charge is 2.51. The van der Waals surface area contributed by atoms with E-state index in [1.54, 1.807) is 0 Å². The smallest absolute Gasteiger partial charge is 0.319 e. The van der Waals surface area contributed by atoms with Crippen molar-refractivity contribution in [2.24, 2.45) is 0 Å². The number of benzene rings is 2. The Kier molecular flexibility index (Phi) is 5.39. The monoisotopic (exact) mass is 385 g/mol. The van der Waals surface area contributed by atoms with Gasteiger partial charge in [0.1, 0.15) is 11.4 Å². The van der Waals surface area contributed by atoms with Crippen LogP contribution in [0.4, 0.5) is 14.9 Å². The number of nitrogens with zero attached hydrogens (tertiary/aromatic N) is 2. The third-order valence-corrected chi connectivity index (χ3v) is 4.91. The van der Waals surface area contributed by atoms with Gasteiger partial charge >= 0.3 is 6.03 Å². The molecule has 8 heteroatoms. The van der Waals surface area contributed by atoms with Gasteiger partial charge in [-0.2, -0.15) is 0 Å². The summed E-state index contributed by atoms with van der Waals surface area (Å²) in [6.07, 6.45) is 1.93. The summed E-state index contributed by atoms with van der Waals surface area (Å²) in [4.78, 5) is 37.2. The van der Waals surface area contributed by atoms with Crippen molar-refractivity contribution < 1.29 is 18.9 Å². The number of imide groups is 1. The molecule has 0 spiro atoms. The largest absolute Gasteiger partial charge is 0.325 e. The van der Waals surface area contributed by atoms with Gasteiger partial charge in [0.25, 0.3) is 11.6 Å². The number of nitro benzene ring substituents is 1. The molecule has 3 amide bonds. The molecular weight excluding hydrogens is 365 g/mol. The van der Waals surface area contributed by atoms with E-state index in [0.717, 1.165) is 11.3 Å². The van der Waals surface area contributed by atoms with E-state index in [1.165, 1.54) is 48.5 Å². The maximum absolute atomic E-state index is 13.3. The highest BCUT2D eigenvalue weighted by molar-refractivity contribution is 6.07. The van der Waals surface area contributed by atoms with Crippen molar-refractivity contribution in [2.75, 3.05) is 0 Å². The number of hydrogen-bond acceptors (Lipinski definition) is 4. The van der Waals surface area contributed by atoms with Crippen molar-refractivity contribution in [1.82, 2.24) is 10.2 Å². The first-order chi connectivity index (χ1) is 13.4. The van der Waals surface area contributed by atoms with Crippen LogP contribution in [0.2, 0.25) is 0 Å². The van der Waals surface area contributed by atoms with E-state index in [2.05, 4.69) is 5.32 Å². The molecule has 1 aliphatic rings. The summed E-state index contributed by atoms with van der Waals surface area (Å²) in [5.41, 5.74) is -0.169. The molecule has 0 bridgehead atoms. The molecule has 1 heterocycles. The van der Waals surface area contributed by atoms with Gasteiger partial charge in [-0.25, -0.2) is 9.18 Å². The minimum atomic E-state index is -1.23. The molecule has 7 nitrogen and oxygen atoms in total. The van der Waals surface area contributed by atoms with Gasteiger partial charge < -0.3 is 5.32 Å². The van der Waals surface area contributed by atoms with E-state index in [1.807, 2.05) is 6.92 Å². The van der Waals surface area contributed by atoms with Gasteiger partial charge in [-0.1, -0.05) is 44.0 Å². The molecule has 1 fully saturated rings. The molecule has 1 N–H and O–H groups in total. The third kappa shape index (κ3) is 3.58. The maximum Gasteiger partial charge on any atom is 0.325 e. The number of carbonyl (C=O) groups excluding carboxylic acids is 2. The van der Waals surface area contributed by atoms with Crippen molar-refractivity contribution in [3.63, 3.8) is 0 Å². The molecule has 0 unspecified atom stereocenters. The van der Waals surface area contributed by atoms with Crippen LogP contribution in [-0.4, -0.2) is 21.8 Å². The molecule has 146 valence electrons. The fraction of sp³-hybridized carbons (Fsp3) is 0.300. The fourth-order valence-electron chi connectivity index (χ4n) is 3.36. The molecular formula is C20H20FN3O4. The molecule has 0 radical (unpaired) electrons. The number of nitrogens with one attached hydrogen (secondary N) is 1. The predicted molar refractivity (Wildman–Crippen MR) is 99.8 cm³/mol. The first-order valence-corrected chi connectivity index (χ1v) is 9.01. The van der Waals surface area contributed by atoms with E-state index < -0.39 is 28.2 Å². The lowest BCUT2D eigenvalue weighted by Crippen LogP contribution is -2.44. The zero-order valence-corrected chi connectivity index (χ0v) is 15.4. The molecule has 1 saturated heterocycles. The number of hydrogen-bond donors (Lipinski definition) is 1. The van der Waals surface area contributed by atoms with Crippen molar-refractivity contribution >= 4 is 17.6 Å². The van der Waals surface area contributed by atoms with Crippen LogP contribution >= 0.6 is 0 Å². The molecule has 2 aromatic carbocycles. The Morgan fingerprint density at radius 3 is 2.32 bits per heavy atom. The van der Waals surface area contributed by atoms with Crippen molar-refractivity contribution in [3.8, 4) is 0 Å². The first-order valence-electron chi connectivity index (χ1n) is 9.01. The number of non-ortho nitro benzene ring substituents is 1. The van der Waals surface area contributed by atoms with Crippen LogP contribution in [-0.2, 0) is 16.9 Å². The molecule has 28 heavy (non-hydrogen) atoms. The quantitative estimate of drug-likeness (QED) is 0.445. The Hall–Kier alpha value is -3.29. The minimum Gasteiger partial charge on any atom is -0.319 e. The lowest BCUT2D eigenvalue weighted by atomic mass is 9.84. The second kappa shape index (κ2) is 7.75. The van der Waals surface area contributed by atoms with Crippen LogP contribution in [0.5, 0.6) is 0 Å². The standard InChI is InChI=1S/C20H20FN3O4/c1-2-3-12-20(15-6-8-16(21)9-7-15)18(25)23(19(26)22-20)13-14-4-10-17(11-5-14)24(27)28/h4-11H,2-3,12-13H2,1H3,(H,22,26)/t20-/m0/s1. The predicted octanol–water partition coefficient (Wildman–Crippen LogP) is 3.87. The van der Waals surface area contributed by atoms with Crippen LogP contribution < -0.4 is 5.32 Å². The lowest BCUT2D eigenvalue weighted by molar-refractivity contribution is -0.384. The molecule has 0 saturated carbocycles. The van der Waals surface area contributed by atoms with E-state index >= 15 is 0 Å². The molecule has 2 aromatic rings. The normalized spacial score (nSPS) is 19.0. The molecule has 3 rings (SSSR count). The number of carbonyl (C=O) groups is 2. The summed E-state index contributed by atoms with van der Waals surface area (Å²) in [6.45, 7) is 1.98. The maximum atomic E-state index is 13.3. The van der Waals surface area contributed by atoms with Gasteiger partial charge in [-0.05, 0) is 29.7 Å². The Balaban J connectivity index is 1.90. The second-order valence-corrected chi connectivity index (χ2v) is 6.76. The highest BCUT2D eigenvalue weighted by atomic mass is 19.1. The van der Waals surface area contributed by atoms with Crippen molar-refractivity contribution in [2.45, 2.75) is 38.3 Å². The van der Waals surface area contributed by atoms with Gasteiger partial charge in [0.2, 0.25) is 0 Å². The van der Waals surface area contributed by atoms with Crippen LogP contribution in [0.3, 0.4) is 0 Å². The van der Waals surface area contributed by atoms with Crippen LogP contribution in [0.15, 0.2) is 48.5 Å². The summed E-state index contributed by atoms with van der Waals surface area (Å²) in [5, 5.41) is 13.6. The Bertz CT molecular complexity index is 899. The Morgan fingerprint density at radius 2 is 1.75 bits per heavy atom. The molecule has 1 aliphatic heterocycles. The Labute approximate surface area is 161 Å². The number of amides is 3. The number of urea groups is 1. The highest BCUT2D eigenvalue weighted by Crippen LogP contribution is 2.35. The average Bonchev–Trinajstić information content (AvgIpc) is 2.92. The van der Waals surface area contributed by atoms with Crippen LogP contribution in [0, 0.1) is 15.9 Å². The average molecular weight is 385 g/mol. The molecule has 0 aromatic heterocycles. The zero-order valence-electron chi connectivity index (χ0n) is 15.4. The summed E-state index contributed by atoms with van der Waals surface area (Å²) in [5.74, 6) is -0.829. The second-order valence-electron chi connectivity index (χ2n) is 6.76. The first kappa shape index (κ1) is 19.5. The van der Waals surface area contributed by atoms with Crippen LogP contribution in [0.25, 0.3) is 0 Å². The van der Waals surface area contributed by atoms with Crippen LogP contribution in [0.1, 0.15) is 37.3 Å². The lowest BCUT2D eigenvalue weighted by Gasteiger charge is -2.27. The zero-order chi connectivity index (χ0) is 20.3. The molecule has 1 atom stereocenters. The Morgan fingerprint density at radius 1 is 1.11 bits per heavy atom. The van der Waals surface area contributed by atoms with E-state index in [9.17, 15) is 24.1 Å². The summed E-state index contributed by atoms with van der Waals surface area (Å²) >= 11 is 0. The van der Waals surface area contributed by atoms with Crippen molar-refractivity contribution in [1.29, 1.82) is 0 Å². The van der Waals surface area contributed by atoms with Gasteiger partial charge in [0, 0.05) is 12.1 Å². The number of nitro groups is 1. The van der Waals surface area contributed by atoms with Crippen molar-refractivity contribution in [3.05, 3.63) is 75.6 Å². The SMILES string of the molecule is CCCC[C@@]1(c2ccc(F)cc2)NC(=O)N(Cc2ccc([N+](=O)[O-])cc2)C1=O. The van der Waals surface area contributed by atoms with Gasteiger partial charge in [0.15, 0.2) is 0 Å². The fourth-order valence-corrected chi connectivity index (χ4v) is 3.36. The van der Waals surface area contributed by atoms with E-state index in [4.69, 9.17) is 0 Å². The van der Waals surface area contributed by atoms with Gasteiger partial charge in [0.05, 0.1) is 11.5 Å². The summed E-state index contributed by atoms with van der Waals surface area (Å²) < 4.78 is 13.3. The minimum absolute atomic E-state index is 0.00225. The number of halogens is 1. The van der Waals surface area contributed by atoms with Gasteiger partial charge in [-0.3, -0.25) is 19.8 Å². The topological polar surface area (TPSA) is 92.6 Å². The third-order valence-electron chi connectivity index (χ3n) is 4.91. The van der Waals surface area contributed by atoms with Gasteiger partial charge in [-0.15, -0.1) is 0 Å². The number of unbranched alkanes of at least 4 members (excludes halogenated alkanes) is 1. The van der Waals surface area contributed by atoms with E-state index in [0.29, 0.717) is 24.0 Å². The molecule has 0 aliphatic carbocycles. The van der Waals surface area contributed by atoms with E-state index in [-0.39, 0.29) is 12.2 Å².